The molecule has 3 aliphatic rings. The summed E-state index contributed by atoms with van der Waals surface area (Å²) in [6, 6.07) is 4.31. The lowest BCUT2D eigenvalue weighted by Gasteiger charge is -2.32. The molecule has 1 aromatic rings. The van der Waals surface area contributed by atoms with Crippen molar-refractivity contribution in [1.82, 2.24) is 42.1 Å². The maximum absolute atomic E-state index is 14.3. The second-order valence-electron chi connectivity index (χ2n) is 15.1. The Bertz CT molecular complexity index is 1540. The maximum Gasteiger partial charge on any atom is 0.245 e. The van der Waals surface area contributed by atoms with Gasteiger partial charge in [0.1, 0.15) is 30.2 Å². The fourth-order valence-electron chi connectivity index (χ4n) is 7.74. The summed E-state index contributed by atoms with van der Waals surface area (Å²) in [4.78, 5) is 95.9. The lowest BCUT2D eigenvalue weighted by atomic mass is 9.84. The molecule has 1 aliphatic carbocycles. The molecule has 308 valence electrons. The number of guanidine groups is 1. The van der Waals surface area contributed by atoms with E-state index in [1.54, 1.807) is 0 Å². The molecule has 2 saturated heterocycles. The van der Waals surface area contributed by atoms with E-state index in [1.807, 2.05) is 30.3 Å². The Balaban J connectivity index is 1.58. The second-order valence-corrected chi connectivity index (χ2v) is 15.1. The van der Waals surface area contributed by atoms with Gasteiger partial charge in [-0.3, -0.25) is 39.0 Å². The highest BCUT2D eigenvalue weighted by molar-refractivity contribution is 5.96. The molecule has 2 unspecified atom stereocenters. The van der Waals surface area contributed by atoms with Crippen LogP contribution in [0, 0.1) is 11.3 Å². The van der Waals surface area contributed by atoms with E-state index in [1.165, 1.54) is 11.8 Å². The summed E-state index contributed by atoms with van der Waals surface area (Å²) in [5.41, 5.74) is 6.17. The maximum atomic E-state index is 14.3. The van der Waals surface area contributed by atoms with E-state index >= 15 is 0 Å². The molecule has 5 atom stereocenters. The van der Waals surface area contributed by atoms with Crippen molar-refractivity contribution in [2.45, 2.75) is 127 Å². The molecule has 10 N–H and O–H groups in total. The van der Waals surface area contributed by atoms with Crippen LogP contribution in [0.25, 0.3) is 0 Å². The average molecular weight is 781 g/mol. The van der Waals surface area contributed by atoms with E-state index in [4.69, 9.17) is 11.1 Å². The summed E-state index contributed by atoms with van der Waals surface area (Å²) in [7, 11) is 0. The Hall–Kier alpha value is -5.22. The molecule has 4 rings (SSSR count). The minimum absolute atomic E-state index is 0.105. The number of nitrogens with zero attached hydrogens (tertiary/aromatic N) is 1. The van der Waals surface area contributed by atoms with Crippen LogP contribution in [-0.4, -0.2) is 109 Å². The quantitative estimate of drug-likeness (QED) is 0.0774. The molecule has 0 aromatic heterocycles. The third-order valence-electron chi connectivity index (χ3n) is 10.6. The minimum atomic E-state index is -1.09. The third-order valence-corrected chi connectivity index (χ3v) is 10.6. The number of nitrogens with one attached hydrogen (secondary N) is 8. The van der Waals surface area contributed by atoms with Crippen LogP contribution in [0.4, 0.5) is 0 Å². The van der Waals surface area contributed by atoms with Gasteiger partial charge in [0.25, 0.3) is 0 Å². The first-order chi connectivity index (χ1) is 26.9. The molecular formula is C39H60N10O7. The predicted octanol–water partition coefficient (Wildman–Crippen LogP) is -0.171. The van der Waals surface area contributed by atoms with E-state index in [-0.39, 0.29) is 50.7 Å². The molecular weight excluding hydrogens is 720 g/mol. The Kier molecular flexibility index (Phi) is 17.4. The summed E-state index contributed by atoms with van der Waals surface area (Å²) in [6.45, 7) is 1.70. The molecule has 17 nitrogen and oxygen atoms in total. The van der Waals surface area contributed by atoms with E-state index in [9.17, 15) is 33.6 Å². The van der Waals surface area contributed by atoms with Gasteiger partial charge in [-0.25, -0.2) is 0 Å². The van der Waals surface area contributed by atoms with Crippen LogP contribution in [0.15, 0.2) is 30.3 Å². The van der Waals surface area contributed by atoms with E-state index in [0.29, 0.717) is 38.6 Å². The summed E-state index contributed by atoms with van der Waals surface area (Å²) in [5, 5.41) is 26.7. The van der Waals surface area contributed by atoms with Gasteiger partial charge in [0.05, 0.1) is 6.54 Å². The summed E-state index contributed by atoms with van der Waals surface area (Å²) in [5.74, 6) is -3.45. The summed E-state index contributed by atoms with van der Waals surface area (Å²) in [6.07, 6.45) is 8.17. The molecule has 56 heavy (non-hydrogen) atoms. The summed E-state index contributed by atoms with van der Waals surface area (Å²) >= 11 is 0. The first-order valence-electron chi connectivity index (χ1n) is 20.1. The van der Waals surface area contributed by atoms with Gasteiger partial charge in [-0.15, -0.1) is 0 Å². The van der Waals surface area contributed by atoms with Crippen LogP contribution < -0.4 is 43.0 Å². The standard InChI is InChI=1S/C39H60N10O7/c1-25(50)45-31(23-27-14-6-3-7-15-27)36(54)47-29-17-10-20-42-34(52)28(16-8-9-19-43-39(40)41)46-33(51)24-44-35(53)30(22-26-12-4-2-5-13-26)48-37(55)32-18-11-21-49(32)38(29)56/h3,6-7,14-15,26,28-32H,2,4-5,8-13,16-24H2,1H3,(H,42,52)(H,44,53)(H,45,50)(H,46,51)(H,47,54)(H,48,55)(H4,40,41,43)/t28?,29-,30+,31-,32?/m0/s1. The van der Waals surface area contributed by atoms with Crippen molar-refractivity contribution < 1.29 is 33.6 Å². The lowest BCUT2D eigenvalue weighted by Crippen LogP contribution is -2.58. The molecule has 7 amide bonds. The molecule has 17 heteroatoms. The number of rotatable bonds is 12. The normalized spacial score (nSPS) is 23.9. The molecule has 0 bridgehead atoms. The van der Waals surface area contributed by atoms with Crippen LogP contribution in [0.5, 0.6) is 0 Å². The van der Waals surface area contributed by atoms with Gasteiger partial charge in [0, 0.05) is 33.0 Å². The van der Waals surface area contributed by atoms with Crippen molar-refractivity contribution in [2.75, 3.05) is 26.2 Å². The van der Waals surface area contributed by atoms with Gasteiger partial charge in [-0.1, -0.05) is 62.4 Å². The zero-order valence-corrected chi connectivity index (χ0v) is 32.5. The Morgan fingerprint density at radius 3 is 2.32 bits per heavy atom. The smallest absolute Gasteiger partial charge is 0.245 e. The summed E-state index contributed by atoms with van der Waals surface area (Å²) < 4.78 is 0. The first-order valence-corrected chi connectivity index (χ1v) is 20.1. The topological polar surface area (TPSA) is 257 Å². The van der Waals surface area contributed by atoms with Gasteiger partial charge in [0.2, 0.25) is 41.4 Å². The van der Waals surface area contributed by atoms with Crippen LogP contribution in [0.3, 0.4) is 0 Å². The zero-order chi connectivity index (χ0) is 40.5. The van der Waals surface area contributed by atoms with Crippen molar-refractivity contribution >= 4 is 47.3 Å². The number of carbonyl (C=O) groups excluding carboxylic acids is 7. The first kappa shape index (κ1) is 43.5. The highest BCUT2D eigenvalue weighted by Gasteiger charge is 2.40. The van der Waals surface area contributed by atoms with Crippen LogP contribution in [0.1, 0.15) is 96.0 Å². The molecule has 0 spiro atoms. The Labute approximate surface area is 328 Å². The molecule has 2 heterocycles. The van der Waals surface area contributed by atoms with Crippen molar-refractivity contribution in [1.29, 1.82) is 5.41 Å². The average Bonchev–Trinajstić information content (AvgIpc) is 3.67. The number of hydrogen-bond donors (Lipinski definition) is 9. The number of unbranched alkanes of at least 4 members (excludes halogenated alkanes) is 1. The van der Waals surface area contributed by atoms with Crippen LogP contribution in [-0.2, 0) is 40.0 Å². The Morgan fingerprint density at radius 1 is 0.875 bits per heavy atom. The highest BCUT2D eigenvalue weighted by atomic mass is 16.2. The number of amides is 7. The zero-order valence-electron chi connectivity index (χ0n) is 32.5. The molecule has 0 radical (unpaired) electrons. The number of fused-ring (bicyclic) bond motifs is 1. The van der Waals surface area contributed by atoms with Crippen molar-refractivity contribution in [2.24, 2.45) is 11.7 Å². The fourth-order valence-corrected chi connectivity index (χ4v) is 7.74. The largest absolute Gasteiger partial charge is 0.370 e. The van der Waals surface area contributed by atoms with Gasteiger partial charge in [-0.05, 0) is 62.8 Å². The number of carbonyl (C=O) groups is 7. The fraction of sp³-hybridized carbons (Fsp3) is 0.641. The van der Waals surface area contributed by atoms with Crippen LogP contribution in [0.2, 0.25) is 0 Å². The lowest BCUT2D eigenvalue weighted by molar-refractivity contribution is -0.142. The SMILES string of the molecule is CC(=O)N[C@@H](Cc1ccccc1)C(=O)N[C@H]1CCCNC(=O)C(CCCCNC(=N)N)NC(=O)CNC(=O)[C@@H](CC2CCCCC2)NC(=O)C2CCCN2C1=O. The molecule has 3 fully saturated rings. The second kappa shape index (κ2) is 22.4. The molecule has 2 aliphatic heterocycles. The van der Waals surface area contributed by atoms with E-state index < -0.39 is 78.1 Å². The van der Waals surface area contributed by atoms with Crippen LogP contribution >= 0.6 is 0 Å². The Morgan fingerprint density at radius 2 is 1.61 bits per heavy atom. The highest BCUT2D eigenvalue weighted by Crippen LogP contribution is 2.28. The van der Waals surface area contributed by atoms with Gasteiger partial charge in [0.15, 0.2) is 5.96 Å². The van der Waals surface area contributed by atoms with Crippen molar-refractivity contribution in [3.8, 4) is 0 Å². The van der Waals surface area contributed by atoms with Gasteiger partial charge < -0.3 is 47.9 Å². The monoisotopic (exact) mass is 780 g/mol. The van der Waals surface area contributed by atoms with Crippen molar-refractivity contribution in [3.63, 3.8) is 0 Å². The van der Waals surface area contributed by atoms with E-state index in [2.05, 4.69) is 37.2 Å². The van der Waals surface area contributed by atoms with Crippen molar-refractivity contribution in [3.05, 3.63) is 35.9 Å². The number of benzene rings is 1. The number of nitrogens with two attached hydrogens (primary N) is 1. The molecule has 1 saturated carbocycles. The van der Waals surface area contributed by atoms with Gasteiger partial charge >= 0.3 is 0 Å². The van der Waals surface area contributed by atoms with E-state index in [0.717, 1.165) is 37.7 Å². The van der Waals surface area contributed by atoms with Gasteiger partial charge in [-0.2, -0.15) is 0 Å². The molecule has 1 aromatic carbocycles. The predicted molar refractivity (Wildman–Crippen MR) is 208 cm³/mol. The minimum Gasteiger partial charge on any atom is -0.370 e. The number of hydrogen-bond acceptors (Lipinski definition) is 8. The third kappa shape index (κ3) is 14.1.